The largest absolute Gasteiger partial charge is 0.464 e. The van der Waals surface area contributed by atoms with Gasteiger partial charge >= 0.3 is 12.1 Å². The van der Waals surface area contributed by atoms with E-state index in [1.165, 1.54) is 4.90 Å². The lowest BCUT2D eigenvalue weighted by molar-refractivity contribution is -0.186. The second kappa shape index (κ2) is 5.77. The minimum atomic E-state index is -0.978. The SMILES string of the molecule is CCOC(=O)C1(C)CCN(C(=O)OC(C)(C)C)CO1. The number of carbonyl (C=O) groups is 2. The van der Waals surface area contributed by atoms with Crippen LogP contribution in [-0.4, -0.2) is 48.0 Å². The fourth-order valence-electron chi connectivity index (χ4n) is 1.62. The molecule has 0 aliphatic carbocycles. The third-order valence-electron chi connectivity index (χ3n) is 2.76. The zero-order chi connectivity index (χ0) is 14.7. The molecule has 19 heavy (non-hydrogen) atoms. The number of amides is 1. The van der Waals surface area contributed by atoms with Gasteiger partial charge in [-0.05, 0) is 34.6 Å². The summed E-state index contributed by atoms with van der Waals surface area (Å²) in [6.45, 7) is 9.59. The van der Waals surface area contributed by atoms with Crippen LogP contribution in [0.25, 0.3) is 0 Å². The summed E-state index contributed by atoms with van der Waals surface area (Å²) in [5.74, 6) is -0.390. The minimum absolute atomic E-state index is 0.0320. The molecule has 110 valence electrons. The Bertz CT molecular complexity index is 339. The van der Waals surface area contributed by atoms with E-state index in [1.54, 1.807) is 34.6 Å². The quantitative estimate of drug-likeness (QED) is 0.719. The highest BCUT2D eigenvalue weighted by atomic mass is 16.6. The topological polar surface area (TPSA) is 65.1 Å². The molecular formula is C13H23NO5. The number of carbonyl (C=O) groups excluding carboxylic acids is 2. The van der Waals surface area contributed by atoms with E-state index in [2.05, 4.69) is 0 Å². The summed E-state index contributed by atoms with van der Waals surface area (Å²) in [6.07, 6.45) is -0.0381. The van der Waals surface area contributed by atoms with Gasteiger partial charge in [-0.15, -0.1) is 0 Å². The Balaban J connectivity index is 2.53. The third kappa shape index (κ3) is 4.38. The summed E-state index contributed by atoms with van der Waals surface area (Å²) < 4.78 is 15.7. The van der Waals surface area contributed by atoms with E-state index < -0.39 is 17.3 Å². The molecule has 1 rings (SSSR count). The van der Waals surface area contributed by atoms with Crippen LogP contribution < -0.4 is 0 Å². The summed E-state index contributed by atoms with van der Waals surface area (Å²) in [6, 6.07) is 0. The van der Waals surface area contributed by atoms with Crippen molar-refractivity contribution in [2.45, 2.75) is 52.2 Å². The lowest BCUT2D eigenvalue weighted by atomic mass is 10.0. The van der Waals surface area contributed by atoms with Gasteiger partial charge in [-0.2, -0.15) is 0 Å². The van der Waals surface area contributed by atoms with E-state index in [-0.39, 0.29) is 12.7 Å². The Morgan fingerprint density at radius 2 is 2.00 bits per heavy atom. The second-order valence-electron chi connectivity index (χ2n) is 5.72. The number of nitrogens with zero attached hydrogens (tertiary/aromatic N) is 1. The average Bonchev–Trinajstić information content (AvgIpc) is 2.27. The Kier molecular flexibility index (Phi) is 4.79. The molecule has 0 aromatic rings. The predicted molar refractivity (Wildman–Crippen MR) is 68.5 cm³/mol. The fraction of sp³-hybridized carbons (Fsp3) is 0.846. The fourth-order valence-corrected chi connectivity index (χ4v) is 1.62. The third-order valence-corrected chi connectivity index (χ3v) is 2.76. The van der Waals surface area contributed by atoms with E-state index in [1.807, 2.05) is 0 Å². The Hall–Kier alpha value is -1.30. The van der Waals surface area contributed by atoms with Gasteiger partial charge in [0.2, 0.25) is 0 Å². The predicted octanol–water partition coefficient (Wildman–Crippen LogP) is 1.92. The van der Waals surface area contributed by atoms with Crippen LogP contribution in [-0.2, 0) is 19.0 Å². The van der Waals surface area contributed by atoms with E-state index >= 15 is 0 Å². The molecule has 0 radical (unpaired) electrons. The monoisotopic (exact) mass is 273 g/mol. The molecule has 0 spiro atoms. The van der Waals surface area contributed by atoms with Gasteiger partial charge in [0.05, 0.1) is 6.61 Å². The average molecular weight is 273 g/mol. The molecule has 0 N–H and O–H groups in total. The molecule has 1 fully saturated rings. The first-order chi connectivity index (χ1) is 8.68. The van der Waals surface area contributed by atoms with E-state index in [4.69, 9.17) is 14.2 Å². The van der Waals surface area contributed by atoms with Crippen LogP contribution in [0, 0.1) is 0 Å². The minimum Gasteiger partial charge on any atom is -0.464 e. The Morgan fingerprint density at radius 1 is 1.37 bits per heavy atom. The number of esters is 1. The number of rotatable bonds is 2. The summed E-state index contributed by atoms with van der Waals surface area (Å²) in [5.41, 5.74) is -1.52. The van der Waals surface area contributed by atoms with Crippen LogP contribution in [0.1, 0.15) is 41.0 Å². The van der Waals surface area contributed by atoms with Crippen molar-refractivity contribution in [1.82, 2.24) is 4.90 Å². The molecule has 1 saturated heterocycles. The molecule has 1 amide bonds. The summed E-state index contributed by atoms with van der Waals surface area (Å²) in [5, 5.41) is 0. The highest BCUT2D eigenvalue weighted by Gasteiger charge is 2.41. The van der Waals surface area contributed by atoms with Gasteiger partial charge in [-0.25, -0.2) is 9.59 Å². The molecule has 1 atom stereocenters. The lowest BCUT2D eigenvalue weighted by Gasteiger charge is -2.37. The van der Waals surface area contributed by atoms with Crippen molar-refractivity contribution in [1.29, 1.82) is 0 Å². The van der Waals surface area contributed by atoms with Gasteiger partial charge < -0.3 is 14.2 Å². The molecule has 1 heterocycles. The first-order valence-corrected chi connectivity index (χ1v) is 6.47. The van der Waals surface area contributed by atoms with Crippen LogP contribution >= 0.6 is 0 Å². The molecule has 0 aromatic carbocycles. The summed E-state index contributed by atoms with van der Waals surface area (Å²) in [7, 11) is 0. The van der Waals surface area contributed by atoms with Gasteiger partial charge in [-0.1, -0.05) is 0 Å². The molecule has 1 unspecified atom stereocenters. The lowest BCUT2D eigenvalue weighted by Crippen LogP contribution is -2.52. The van der Waals surface area contributed by atoms with Crippen molar-refractivity contribution in [3.05, 3.63) is 0 Å². The zero-order valence-electron chi connectivity index (χ0n) is 12.3. The first-order valence-electron chi connectivity index (χ1n) is 6.47. The highest BCUT2D eigenvalue weighted by Crippen LogP contribution is 2.24. The molecule has 6 heteroatoms. The first kappa shape index (κ1) is 15.8. The number of ether oxygens (including phenoxy) is 3. The smallest absolute Gasteiger partial charge is 0.412 e. The maximum Gasteiger partial charge on any atom is 0.412 e. The van der Waals surface area contributed by atoms with Gasteiger partial charge in [0.15, 0.2) is 5.60 Å². The standard InChI is InChI=1S/C13H23NO5/c1-6-17-10(15)13(5)7-8-14(9-18-13)11(16)19-12(2,3)4/h6-9H2,1-5H3. The van der Waals surface area contributed by atoms with Crippen molar-refractivity contribution in [3.8, 4) is 0 Å². The molecule has 0 aromatic heterocycles. The summed E-state index contributed by atoms with van der Waals surface area (Å²) in [4.78, 5) is 25.0. The Labute approximate surface area is 114 Å². The summed E-state index contributed by atoms with van der Waals surface area (Å²) >= 11 is 0. The van der Waals surface area contributed by atoms with Gasteiger partial charge in [-0.3, -0.25) is 4.90 Å². The van der Waals surface area contributed by atoms with Crippen LogP contribution in [0.4, 0.5) is 4.79 Å². The van der Waals surface area contributed by atoms with Crippen molar-refractivity contribution >= 4 is 12.1 Å². The highest BCUT2D eigenvalue weighted by molar-refractivity contribution is 5.79. The normalized spacial score (nSPS) is 23.9. The van der Waals surface area contributed by atoms with Gasteiger partial charge in [0, 0.05) is 13.0 Å². The van der Waals surface area contributed by atoms with Gasteiger partial charge in [0.1, 0.15) is 12.3 Å². The number of hydrogen-bond acceptors (Lipinski definition) is 5. The van der Waals surface area contributed by atoms with Crippen molar-refractivity contribution in [3.63, 3.8) is 0 Å². The van der Waals surface area contributed by atoms with Gasteiger partial charge in [0.25, 0.3) is 0 Å². The number of hydrogen-bond donors (Lipinski definition) is 0. The van der Waals surface area contributed by atoms with Crippen LogP contribution in [0.15, 0.2) is 0 Å². The van der Waals surface area contributed by atoms with E-state index in [0.29, 0.717) is 19.6 Å². The van der Waals surface area contributed by atoms with Crippen molar-refractivity contribution in [2.24, 2.45) is 0 Å². The van der Waals surface area contributed by atoms with Crippen molar-refractivity contribution < 1.29 is 23.8 Å². The second-order valence-corrected chi connectivity index (χ2v) is 5.72. The zero-order valence-corrected chi connectivity index (χ0v) is 12.3. The van der Waals surface area contributed by atoms with Crippen LogP contribution in [0.2, 0.25) is 0 Å². The maximum absolute atomic E-state index is 11.8. The molecule has 0 bridgehead atoms. The van der Waals surface area contributed by atoms with Crippen LogP contribution in [0.5, 0.6) is 0 Å². The maximum atomic E-state index is 11.8. The molecule has 0 saturated carbocycles. The van der Waals surface area contributed by atoms with E-state index in [9.17, 15) is 9.59 Å². The van der Waals surface area contributed by atoms with Crippen molar-refractivity contribution in [2.75, 3.05) is 19.9 Å². The van der Waals surface area contributed by atoms with Crippen LogP contribution in [0.3, 0.4) is 0 Å². The molecule has 1 aliphatic heterocycles. The Morgan fingerprint density at radius 3 is 2.42 bits per heavy atom. The van der Waals surface area contributed by atoms with E-state index in [0.717, 1.165) is 0 Å². The molecular weight excluding hydrogens is 250 g/mol. The molecule has 6 nitrogen and oxygen atoms in total. The molecule has 1 aliphatic rings.